The first-order valence-corrected chi connectivity index (χ1v) is 14.7. The number of amides is 1. The molecule has 3 atom stereocenters. The Labute approximate surface area is 245 Å². The lowest BCUT2D eigenvalue weighted by atomic mass is 9.96. The fraction of sp³-hybridized carbons (Fsp3) is 0.433. The Bertz CT molecular complexity index is 1580. The number of halogens is 4. The lowest BCUT2D eigenvalue weighted by Crippen LogP contribution is -2.58. The molecule has 2 aromatic carbocycles. The number of carbonyl (C=O) groups is 1. The molecule has 1 unspecified atom stereocenters. The van der Waals surface area contributed by atoms with Crippen LogP contribution < -0.4 is 10.6 Å². The van der Waals surface area contributed by atoms with Gasteiger partial charge >= 0.3 is 11.9 Å². The van der Waals surface area contributed by atoms with Crippen molar-refractivity contribution in [2.75, 3.05) is 44.4 Å². The highest BCUT2D eigenvalue weighted by atomic mass is 32.2. The Balaban J connectivity index is 1.80. The van der Waals surface area contributed by atoms with E-state index in [9.17, 15) is 27.2 Å². The minimum atomic E-state index is -4.74. The van der Waals surface area contributed by atoms with Crippen LogP contribution in [-0.2, 0) is 17.5 Å². The molecule has 1 amide bonds. The Hall–Kier alpha value is -3.38. The molecule has 5 rings (SSSR count). The molecule has 0 saturated carbocycles. The van der Waals surface area contributed by atoms with Crippen molar-refractivity contribution in [2.45, 2.75) is 43.5 Å². The zero-order chi connectivity index (χ0) is 30.5. The van der Waals surface area contributed by atoms with E-state index in [-0.39, 0.29) is 59.3 Å². The zero-order valence-electron chi connectivity index (χ0n) is 23.9. The summed E-state index contributed by atoms with van der Waals surface area (Å²) in [6.45, 7) is 8.76. The first-order valence-electron chi connectivity index (χ1n) is 13.7. The van der Waals surface area contributed by atoms with Crippen LogP contribution in [0.4, 0.5) is 23.4 Å². The molecule has 224 valence electrons. The van der Waals surface area contributed by atoms with E-state index in [1.165, 1.54) is 34.5 Å². The zero-order valence-corrected chi connectivity index (χ0v) is 24.7. The number of hydrogen-bond donors (Lipinski definition) is 0. The van der Waals surface area contributed by atoms with Gasteiger partial charge in [0.15, 0.2) is 0 Å². The van der Waals surface area contributed by atoms with Gasteiger partial charge in [0.1, 0.15) is 11.6 Å². The summed E-state index contributed by atoms with van der Waals surface area (Å²) in [6, 6.07) is 5.45. The number of hydrogen-bond acceptors (Lipinski definition) is 6. The lowest BCUT2D eigenvalue weighted by Gasteiger charge is -2.44. The molecule has 1 aromatic heterocycles. The van der Waals surface area contributed by atoms with Gasteiger partial charge in [-0.15, -0.1) is 11.8 Å². The fourth-order valence-electron chi connectivity index (χ4n) is 6.25. The van der Waals surface area contributed by atoms with Gasteiger partial charge in [0.05, 0.1) is 11.1 Å². The molecule has 1 saturated heterocycles. The topological polar surface area (TPSA) is 61.7 Å². The standard InChI is InChI=1S/C30H33F4N5O2S/c1-6-24(40)39-17(2)12-37(13-18(39)3)28-22-11-23(30(32,33)34)25(20-7-9-21(31)10-8-20)27-26(22)38(29(41)35-28)15-19(16-42-27)14-36(4)5/h6-11,17-19H,1,12-16H2,2-5H3/t17-,18+,19?. The largest absolute Gasteiger partial charge is 0.417 e. The summed E-state index contributed by atoms with van der Waals surface area (Å²) in [4.78, 5) is 36.4. The molecule has 0 N–H and O–H groups in total. The van der Waals surface area contributed by atoms with Crippen LogP contribution in [0.15, 0.2) is 52.7 Å². The summed E-state index contributed by atoms with van der Waals surface area (Å²) in [5.41, 5.74) is -0.868. The molecule has 0 aliphatic carbocycles. The van der Waals surface area contributed by atoms with Crippen molar-refractivity contribution in [3.8, 4) is 11.1 Å². The predicted octanol–water partition coefficient (Wildman–Crippen LogP) is 5.12. The van der Waals surface area contributed by atoms with Gasteiger partial charge in [0.25, 0.3) is 0 Å². The highest BCUT2D eigenvalue weighted by molar-refractivity contribution is 7.99. The van der Waals surface area contributed by atoms with Crippen molar-refractivity contribution in [1.82, 2.24) is 19.4 Å². The van der Waals surface area contributed by atoms with Gasteiger partial charge in [-0.25, -0.2) is 9.18 Å². The van der Waals surface area contributed by atoms with Gasteiger partial charge in [0, 0.05) is 59.9 Å². The summed E-state index contributed by atoms with van der Waals surface area (Å²) in [6.07, 6.45) is -3.49. The van der Waals surface area contributed by atoms with Crippen LogP contribution in [0.5, 0.6) is 0 Å². The first kappa shape index (κ1) is 30.1. The molecule has 2 aliphatic heterocycles. The molecule has 0 radical (unpaired) electrons. The van der Waals surface area contributed by atoms with Crippen LogP contribution in [0.3, 0.4) is 0 Å². The van der Waals surface area contributed by atoms with Gasteiger partial charge in [-0.1, -0.05) is 18.7 Å². The van der Waals surface area contributed by atoms with Gasteiger partial charge in [-0.3, -0.25) is 9.36 Å². The van der Waals surface area contributed by atoms with E-state index < -0.39 is 23.2 Å². The number of aromatic nitrogens is 2. The molecular formula is C30H33F4N5O2S. The third-order valence-electron chi connectivity index (χ3n) is 7.81. The second kappa shape index (κ2) is 11.4. The number of nitrogens with zero attached hydrogens (tertiary/aromatic N) is 5. The Morgan fingerprint density at radius 3 is 2.36 bits per heavy atom. The summed E-state index contributed by atoms with van der Waals surface area (Å²) in [7, 11) is 3.82. The normalized spacial score (nSPS) is 21.1. The SMILES string of the molecule is C=CC(=O)N1[C@H](C)CN(c2nc(=O)n3c4c(c(-c5ccc(F)cc5)c(C(F)(F)F)cc24)SCC(CN(C)C)C3)C[C@@H]1C. The molecule has 2 aliphatic rings. The highest BCUT2D eigenvalue weighted by Gasteiger charge is 2.39. The van der Waals surface area contributed by atoms with Crippen molar-refractivity contribution < 1.29 is 22.4 Å². The van der Waals surface area contributed by atoms with E-state index in [4.69, 9.17) is 0 Å². The Kier molecular flexibility index (Phi) is 8.14. The number of benzene rings is 2. The molecule has 3 heterocycles. The third-order valence-corrected chi connectivity index (χ3v) is 9.14. The molecular weight excluding hydrogens is 570 g/mol. The second-order valence-electron chi connectivity index (χ2n) is 11.3. The molecule has 42 heavy (non-hydrogen) atoms. The molecule has 3 aromatic rings. The smallest absolute Gasteiger partial charge is 0.352 e. The van der Waals surface area contributed by atoms with Crippen molar-refractivity contribution in [3.63, 3.8) is 0 Å². The molecule has 12 heteroatoms. The maximum Gasteiger partial charge on any atom is 0.417 e. The second-order valence-corrected chi connectivity index (χ2v) is 12.4. The van der Waals surface area contributed by atoms with Crippen molar-refractivity contribution in [2.24, 2.45) is 5.92 Å². The lowest BCUT2D eigenvalue weighted by molar-refractivity contribution is -0.137. The summed E-state index contributed by atoms with van der Waals surface area (Å²) in [5.74, 6) is -0.175. The highest BCUT2D eigenvalue weighted by Crippen LogP contribution is 2.48. The summed E-state index contributed by atoms with van der Waals surface area (Å²) < 4.78 is 59.8. The minimum Gasteiger partial charge on any atom is -0.352 e. The van der Waals surface area contributed by atoms with Crippen LogP contribution in [0.25, 0.3) is 22.0 Å². The van der Waals surface area contributed by atoms with Crippen LogP contribution in [-0.4, -0.2) is 76.8 Å². The molecule has 0 spiro atoms. The molecule has 1 fully saturated rings. The number of carbonyl (C=O) groups excluding carboxylic acids is 1. The Morgan fingerprint density at radius 1 is 1.14 bits per heavy atom. The average Bonchev–Trinajstić information content (AvgIpc) is 3.10. The number of alkyl halides is 3. The molecule has 0 bridgehead atoms. The van der Waals surface area contributed by atoms with E-state index in [1.807, 2.05) is 32.8 Å². The van der Waals surface area contributed by atoms with Gasteiger partial charge < -0.3 is 14.7 Å². The summed E-state index contributed by atoms with van der Waals surface area (Å²) in [5, 5.41) is 0.226. The maximum atomic E-state index is 14.8. The first-order chi connectivity index (χ1) is 19.8. The van der Waals surface area contributed by atoms with Gasteiger partial charge in [0.2, 0.25) is 5.91 Å². The fourth-order valence-corrected chi connectivity index (χ4v) is 7.59. The van der Waals surface area contributed by atoms with E-state index in [0.29, 0.717) is 29.3 Å². The number of thioether (sulfide) groups is 1. The predicted molar refractivity (Wildman–Crippen MR) is 157 cm³/mol. The number of rotatable bonds is 5. The van der Waals surface area contributed by atoms with Crippen LogP contribution in [0.1, 0.15) is 19.4 Å². The number of anilines is 1. The van der Waals surface area contributed by atoms with Crippen LogP contribution >= 0.6 is 11.8 Å². The quantitative estimate of drug-likeness (QED) is 0.298. The monoisotopic (exact) mass is 603 g/mol. The third kappa shape index (κ3) is 5.54. The average molecular weight is 604 g/mol. The van der Waals surface area contributed by atoms with E-state index in [0.717, 1.165) is 18.2 Å². The van der Waals surface area contributed by atoms with Crippen molar-refractivity contribution in [3.05, 3.63) is 64.9 Å². The number of piperazine rings is 1. The maximum absolute atomic E-state index is 14.8. The van der Waals surface area contributed by atoms with Crippen molar-refractivity contribution in [1.29, 1.82) is 0 Å². The Morgan fingerprint density at radius 2 is 1.79 bits per heavy atom. The molecule has 7 nitrogen and oxygen atoms in total. The van der Waals surface area contributed by atoms with Crippen LogP contribution in [0, 0.1) is 11.7 Å². The summed E-state index contributed by atoms with van der Waals surface area (Å²) >= 11 is 1.29. The van der Waals surface area contributed by atoms with E-state index in [1.54, 1.807) is 9.80 Å². The van der Waals surface area contributed by atoms with Crippen LogP contribution in [0.2, 0.25) is 0 Å². The van der Waals surface area contributed by atoms with E-state index in [2.05, 4.69) is 11.6 Å². The van der Waals surface area contributed by atoms with Gasteiger partial charge in [-0.05, 0) is 63.7 Å². The van der Waals surface area contributed by atoms with Gasteiger partial charge in [-0.2, -0.15) is 18.2 Å². The minimum absolute atomic E-state index is 0.0325. The van der Waals surface area contributed by atoms with E-state index >= 15 is 0 Å². The van der Waals surface area contributed by atoms with Crippen molar-refractivity contribution >= 4 is 34.4 Å².